The van der Waals surface area contributed by atoms with Crippen molar-refractivity contribution in [1.29, 1.82) is 0 Å². The van der Waals surface area contributed by atoms with Crippen LogP contribution in [0.2, 0.25) is 0 Å². The van der Waals surface area contributed by atoms with E-state index in [1.807, 2.05) is 12.2 Å². The number of sulfonamides is 1. The molecule has 1 heterocycles. The van der Waals surface area contributed by atoms with Crippen molar-refractivity contribution >= 4 is 33.4 Å². The maximum Gasteiger partial charge on any atom is 0.258 e. The quantitative estimate of drug-likeness (QED) is 0.326. The van der Waals surface area contributed by atoms with Crippen LogP contribution in [0.1, 0.15) is 19.3 Å². The van der Waals surface area contributed by atoms with E-state index in [1.165, 1.54) is 24.3 Å². The van der Waals surface area contributed by atoms with Crippen molar-refractivity contribution in [3.63, 3.8) is 0 Å². The lowest BCUT2D eigenvalue weighted by Crippen LogP contribution is -2.43. The number of carbonyl (C=O) groups excluding carboxylic acids is 3. The minimum absolute atomic E-state index is 0.0219. The molecule has 1 aliphatic heterocycles. The molecule has 158 valence electrons. The lowest BCUT2D eigenvalue weighted by Gasteiger charge is -2.17. The van der Waals surface area contributed by atoms with Gasteiger partial charge in [0.25, 0.3) is 5.91 Å². The van der Waals surface area contributed by atoms with Crippen LogP contribution in [0.25, 0.3) is 0 Å². The molecule has 3 amide bonds. The molecule has 9 nitrogen and oxygen atoms in total. The van der Waals surface area contributed by atoms with Crippen LogP contribution >= 0.6 is 0 Å². The first-order chi connectivity index (χ1) is 14.3. The third kappa shape index (κ3) is 3.29. The van der Waals surface area contributed by atoms with Crippen LogP contribution in [0.5, 0.6) is 0 Å². The van der Waals surface area contributed by atoms with E-state index < -0.39 is 15.9 Å². The van der Waals surface area contributed by atoms with Crippen LogP contribution < -0.4 is 15.6 Å². The van der Waals surface area contributed by atoms with Crippen molar-refractivity contribution in [3.05, 3.63) is 36.4 Å². The fraction of sp³-hybridized carbons (Fsp3) is 0.450. The number of hydrogen-bond acceptors (Lipinski definition) is 6. The monoisotopic (exact) mass is 430 g/mol. The molecule has 4 aliphatic rings. The largest absolute Gasteiger partial charge is 0.299 e. The van der Waals surface area contributed by atoms with Gasteiger partial charge in [0.05, 0.1) is 22.4 Å². The number of amides is 3. The van der Waals surface area contributed by atoms with E-state index >= 15 is 0 Å². The van der Waals surface area contributed by atoms with Crippen LogP contribution in [-0.2, 0) is 24.4 Å². The molecule has 0 aromatic heterocycles. The average molecular weight is 430 g/mol. The normalized spacial score (nSPS) is 29.4. The molecule has 30 heavy (non-hydrogen) atoms. The van der Waals surface area contributed by atoms with E-state index in [1.54, 1.807) is 0 Å². The third-order valence-electron chi connectivity index (χ3n) is 6.27. The second-order valence-electron chi connectivity index (χ2n) is 8.36. The fourth-order valence-electron chi connectivity index (χ4n) is 4.65. The Morgan fingerprint density at radius 3 is 2.17 bits per heavy atom. The summed E-state index contributed by atoms with van der Waals surface area (Å²) in [7, 11) is -3.54. The first-order valence-electron chi connectivity index (χ1n) is 10.0. The molecule has 1 aromatic carbocycles. The van der Waals surface area contributed by atoms with Crippen molar-refractivity contribution in [1.82, 2.24) is 15.0 Å². The molecule has 1 aromatic rings. The van der Waals surface area contributed by atoms with Gasteiger partial charge in [0, 0.05) is 6.04 Å². The number of imide groups is 1. The molecule has 10 heteroatoms. The molecular formula is C20H22N4O5S. The maximum atomic E-state index is 12.6. The summed E-state index contributed by atoms with van der Waals surface area (Å²) in [4.78, 5) is 38.7. The van der Waals surface area contributed by atoms with Crippen LogP contribution in [0, 0.1) is 23.7 Å². The highest BCUT2D eigenvalue weighted by Crippen LogP contribution is 2.52. The lowest BCUT2D eigenvalue weighted by atomic mass is 9.85. The number of rotatable bonds is 7. The number of hydrazine groups is 1. The molecule has 1 saturated heterocycles. The molecule has 3 aliphatic carbocycles. The number of nitrogens with zero attached hydrogens (tertiary/aromatic N) is 1. The zero-order valence-corrected chi connectivity index (χ0v) is 16.9. The SMILES string of the molecule is O=C(CN1C(=O)C2C3C=CC(C3)C2C1=O)NNc1ccc(S(=O)(=O)NC2CC2)cc1. The van der Waals surface area contributed by atoms with Gasteiger partial charge in [0.1, 0.15) is 6.54 Å². The predicted octanol–water partition coefficient (Wildman–Crippen LogP) is 0.378. The molecule has 3 fully saturated rings. The van der Waals surface area contributed by atoms with E-state index in [2.05, 4.69) is 15.6 Å². The molecule has 2 saturated carbocycles. The first-order valence-corrected chi connectivity index (χ1v) is 11.5. The zero-order valence-electron chi connectivity index (χ0n) is 16.1. The second-order valence-corrected chi connectivity index (χ2v) is 10.1. The highest BCUT2D eigenvalue weighted by molar-refractivity contribution is 7.89. The van der Waals surface area contributed by atoms with Gasteiger partial charge in [-0.3, -0.25) is 30.1 Å². The number of anilines is 1. The molecule has 3 N–H and O–H groups in total. The fourth-order valence-corrected chi connectivity index (χ4v) is 5.96. The number of fused-ring (bicyclic) bond motifs is 5. The minimum Gasteiger partial charge on any atom is -0.299 e. The van der Waals surface area contributed by atoms with Gasteiger partial charge in [0.2, 0.25) is 21.8 Å². The number of allylic oxidation sites excluding steroid dienone is 2. The minimum atomic E-state index is -3.54. The van der Waals surface area contributed by atoms with E-state index in [-0.39, 0.29) is 53.0 Å². The summed E-state index contributed by atoms with van der Waals surface area (Å²) in [5, 5.41) is 0. The number of hydrogen-bond donors (Lipinski definition) is 3. The summed E-state index contributed by atoms with van der Waals surface area (Å²) in [6, 6.07) is 5.96. The van der Waals surface area contributed by atoms with Gasteiger partial charge in [-0.15, -0.1) is 0 Å². The Morgan fingerprint density at radius 2 is 1.60 bits per heavy atom. The van der Waals surface area contributed by atoms with Crippen molar-refractivity contribution in [3.8, 4) is 0 Å². The zero-order chi connectivity index (χ0) is 21.0. The summed E-state index contributed by atoms with van der Waals surface area (Å²) in [6.07, 6.45) is 6.56. The van der Waals surface area contributed by atoms with Gasteiger partial charge in [-0.2, -0.15) is 0 Å². The van der Waals surface area contributed by atoms with Crippen molar-refractivity contribution < 1.29 is 22.8 Å². The van der Waals surface area contributed by atoms with Crippen molar-refractivity contribution in [2.75, 3.05) is 12.0 Å². The number of carbonyl (C=O) groups is 3. The topological polar surface area (TPSA) is 125 Å². The second kappa shape index (κ2) is 6.92. The van der Waals surface area contributed by atoms with Gasteiger partial charge >= 0.3 is 0 Å². The van der Waals surface area contributed by atoms with Crippen LogP contribution in [-0.4, -0.2) is 43.6 Å². The third-order valence-corrected chi connectivity index (χ3v) is 7.81. The molecule has 0 spiro atoms. The highest BCUT2D eigenvalue weighted by atomic mass is 32.2. The summed E-state index contributed by atoms with van der Waals surface area (Å²) >= 11 is 0. The Balaban J connectivity index is 1.16. The van der Waals surface area contributed by atoms with Gasteiger partial charge in [-0.05, 0) is 55.4 Å². The van der Waals surface area contributed by atoms with Crippen LogP contribution in [0.3, 0.4) is 0 Å². The summed E-state index contributed by atoms with van der Waals surface area (Å²) in [6.45, 7) is -0.338. The van der Waals surface area contributed by atoms with Gasteiger partial charge in [0.15, 0.2) is 0 Å². The number of benzene rings is 1. The van der Waals surface area contributed by atoms with E-state index in [0.29, 0.717) is 5.69 Å². The highest BCUT2D eigenvalue weighted by Gasteiger charge is 2.59. The van der Waals surface area contributed by atoms with Crippen LogP contribution in [0.15, 0.2) is 41.3 Å². The Hall–Kier alpha value is -2.72. The summed E-state index contributed by atoms with van der Waals surface area (Å²) < 4.78 is 26.9. The summed E-state index contributed by atoms with van der Waals surface area (Å²) in [5.41, 5.74) is 5.62. The first kappa shape index (κ1) is 19.3. The molecule has 5 rings (SSSR count). The van der Waals surface area contributed by atoms with E-state index in [0.717, 1.165) is 24.2 Å². The molecule has 0 radical (unpaired) electrons. The Labute approximate surface area is 173 Å². The lowest BCUT2D eigenvalue weighted by molar-refractivity contribution is -0.144. The van der Waals surface area contributed by atoms with Crippen molar-refractivity contribution in [2.24, 2.45) is 23.7 Å². The van der Waals surface area contributed by atoms with E-state index in [9.17, 15) is 22.8 Å². The molecule has 4 unspecified atom stereocenters. The Morgan fingerprint density at radius 1 is 1.00 bits per heavy atom. The maximum absolute atomic E-state index is 12.6. The van der Waals surface area contributed by atoms with Crippen LogP contribution in [0.4, 0.5) is 5.69 Å². The standard InChI is InChI=1S/C20H22N4O5S/c25-16(10-24-19(26)17-11-1-2-12(9-11)18(17)20(24)27)22-21-13-5-7-15(8-6-13)30(28,29)23-14-3-4-14/h1-2,5-8,11-12,14,17-18,21,23H,3-4,9-10H2,(H,22,25). The Kier molecular flexibility index (Phi) is 4.44. The average Bonchev–Trinajstić information content (AvgIpc) is 3.18. The van der Waals surface area contributed by atoms with E-state index in [4.69, 9.17) is 0 Å². The molecule has 2 bridgehead atoms. The van der Waals surface area contributed by atoms with Crippen molar-refractivity contribution in [2.45, 2.75) is 30.2 Å². The van der Waals surface area contributed by atoms with Gasteiger partial charge < -0.3 is 0 Å². The van der Waals surface area contributed by atoms with Gasteiger partial charge in [-0.1, -0.05) is 12.2 Å². The predicted molar refractivity (Wildman–Crippen MR) is 106 cm³/mol. The Bertz CT molecular complexity index is 1020. The summed E-state index contributed by atoms with van der Waals surface area (Å²) in [5.74, 6) is -1.51. The molecular weight excluding hydrogens is 408 g/mol. The number of likely N-dealkylation sites (tertiary alicyclic amines) is 1. The van der Waals surface area contributed by atoms with Gasteiger partial charge in [-0.25, -0.2) is 13.1 Å². The number of nitrogens with one attached hydrogen (secondary N) is 3. The smallest absolute Gasteiger partial charge is 0.258 e. The molecule has 4 atom stereocenters.